The number of carbonyl (C=O) groups is 2. The zero-order chi connectivity index (χ0) is 17.2. The topological polar surface area (TPSA) is 91.6 Å². The number of amides is 2. The summed E-state index contributed by atoms with van der Waals surface area (Å²) in [5.74, 6) is -1.04. The van der Waals surface area contributed by atoms with Gasteiger partial charge in [-0.15, -0.1) is 0 Å². The van der Waals surface area contributed by atoms with E-state index in [2.05, 4.69) is 10.6 Å². The highest BCUT2D eigenvalue weighted by molar-refractivity contribution is 6.35. The number of para-hydroxylation sites is 1. The number of carbonyl (C=O) groups excluding carboxylic acids is 2. The molecule has 2 amide bonds. The Labute approximate surface area is 140 Å². The molecule has 1 aliphatic rings. The van der Waals surface area contributed by atoms with Gasteiger partial charge in [0, 0.05) is 11.4 Å². The van der Waals surface area contributed by atoms with Crippen molar-refractivity contribution in [2.45, 2.75) is 44.2 Å². The van der Waals surface area contributed by atoms with E-state index in [9.17, 15) is 14.7 Å². The van der Waals surface area contributed by atoms with Crippen LogP contribution in [-0.2, 0) is 15.2 Å². The van der Waals surface area contributed by atoms with Gasteiger partial charge in [0.2, 0.25) is 0 Å². The van der Waals surface area contributed by atoms with E-state index in [1.807, 2.05) is 24.3 Å². The van der Waals surface area contributed by atoms with E-state index < -0.39 is 17.4 Å². The molecule has 0 bridgehead atoms. The van der Waals surface area contributed by atoms with Crippen molar-refractivity contribution >= 4 is 22.8 Å². The largest absolute Gasteiger partial charge is 0.458 e. The molecule has 1 atom stereocenters. The molecule has 1 heterocycles. The number of hydrogen-bond acceptors (Lipinski definition) is 4. The molecule has 0 spiro atoms. The second-order valence-electron chi connectivity index (χ2n) is 6.56. The molecule has 1 fully saturated rings. The first-order chi connectivity index (χ1) is 11.5. The first-order valence-corrected chi connectivity index (χ1v) is 8.26. The van der Waals surface area contributed by atoms with Crippen LogP contribution in [0, 0.1) is 0 Å². The Morgan fingerprint density at radius 2 is 1.96 bits per heavy atom. The number of nitrogens with one attached hydrogen (secondary N) is 2. The predicted molar refractivity (Wildman–Crippen MR) is 89.2 cm³/mol. The standard InChI is InChI=1S/C18H22N2O4/c1-18(23,15-10-12-6-2-5-9-14(12)24-15)11-19-16(21)17(22)20-13-7-3-4-8-13/h2,5-6,9-10,13,23H,3-4,7-8,11H2,1H3,(H,19,21)(H,20,22). The Morgan fingerprint density at radius 3 is 2.67 bits per heavy atom. The van der Waals surface area contributed by atoms with Crippen LogP contribution in [0.25, 0.3) is 11.0 Å². The SMILES string of the molecule is CC(O)(CNC(=O)C(=O)NC1CCCC1)c1cc2ccccc2o1. The van der Waals surface area contributed by atoms with Gasteiger partial charge in [-0.05, 0) is 31.9 Å². The number of fused-ring (bicyclic) bond motifs is 1. The van der Waals surface area contributed by atoms with Crippen LogP contribution in [0.3, 0.4) is 0 Å². The summed E-state index contributed by atoms with van der Waals surface area (Å²) in [6.07, 6.45) is 3.98. The summed E-state index contributed by atoms with van der Waals surface area (Å²) in [5, 5.41) is 16.6. The molecule has 1 saturated carbocycles. The van der Waals surface area contributed by atoms with E-state index in [1.54, 1.807) is 13.0 Å². The monoisotopic (exact) mass is 330 g/mol. The maximum absolute atomic E-state index is 11.9. The second-order valence-corrected chi connectivity index (χ2v) is 6.56. The maximum Gasteiger partial charge on any atom is 0.309 e. The minimum absolute atomic E-state index is 0.0825. The van der Waals surface area contributed by atoms with Gasteiger partial charge >= 0.3 is 11.8 Å². The van der Waals surface area contributed by atoms with Crippen molar-refractivity contribution in [1.82, 2.24) is 10.6 Å². The highest BCUT2D eigenvalue weighted by Crippen LogP contribution is 2.27. The van der Waals surface area contributed by atoms with Crippen LogP contribution < -0.4 is 10.6 Å². The average Bonchev–Trinajstić information content (AvgIpc) is 3.21. The lowest BCUT2D eigenvalue weighted by Crippen LogP contribution is -2.47. The minimum Gasteiger partial charge on any atom is -0.458 e. The zero-order valence-electron chi connectivity index (χ0n) is 13.7. The van der Waals surface area contributed by atoms with Gasteiger partial charge in [-0.1, -0.05) is 31.0 Å². The zero-order valence-corrected chi connectivity index (χ0v) is 13.7. The van der Waals surface area contributed by atoms with Gasteiger partial charge in [0.25, 0.3) is 0 Å². The molecule has 24 heavy (non-hydrogen) atoms. The summed E-state index contributed by atoms with van der Waals surface area (Å²) in [4.78, 5) is 23.8. The normalized spacial score (nSPS) is 17.6. The lowest BCUT2D eigenvalue weighted by molar-refractivity contribution is -0.140. The third-order valence-corrected chi connectivity index (χ3v) is 4.45. The molecule has 1 aromatic heterocycles. The predicted octanol–water partition coefficient (Wildman–Crippen LogP) is 1.82. The first kappa shape index (κ1) is 16.5. The van der Waals surface area contributed by atoms with Crippen molar-refractivity contribution in [3.05, 3.63) is 36.1 Å². The molecule has 128 valence electrons. The first-order valence-electron chi connectivity index (χ1n) is 8.26. The molecule has 6 heteroatoms. The molecule has 0 saturated heterocycles. The molecular formula is C18H22N2O4. The van der Waals surface area contributed by atoms with Crippen LogP contribution in [0.1, 0.15) is 38.4 Å². The number of hydrogen-bond donors (Lipinski definition) is 3. The minimum atomic E-state index is -1.40. The van der Waals surface area contributed by atoms with E-state index in [4.69, 9.17) is 4.42 Å². The Morgan fingerprint density at radius 1 is 1.25 bits per heavy atom. The summed E-state index contributed by atoms with van der Waals surface area (Å²) in [6, 6.07) is 9.23. The summed E-state index contributed by atoms with van der Waals surface area (Å²) in [6.45, 7) is 1.43. The summed E-state index contributed by atoms with van der Waals surface area (Å²) in [7, 11) is 0. The van der Waals surface area contributed by atoms with Crippen molar-refractivity contribution in [3.8, 4) is 0 Å². The van der Waals surface area contributed by atoms with E-state index in [0.29, 0.717) is 11.3 Å². The van der Waals surface area contributed by atoms with Crippen LogP contribution >= 0.6 is 0 Å². The lowest BCUT2D eigenvalue weighted by Gasteiger charge is -2.21. The van der Waals surface area contributed by atoms with Crippen LogP contribution in [0.5, 0.6) is 0 Å². The third kappa shape index (κ3) is 3.59. The van der Waals surface area contributed by atoms with E-state index in [-0.39, 0.29) is 12.6 Å². The molecule has 3 N–H and O–H groups in total. The smallest absolute Gasteiger partial charge is 0.309 e. The van der Waals surface area contributed by atoms with Crippen molar-refractivity contribution in [2.24, 2.45) is 0 Å². The molecule has 0 radical (unpaired) electrons. The highest BCUT2D eigenvalue weighted by Gasteiger charge is 2.29. The Hall–Kier alpha value is -2.34. The van der Waals surface area contributed by atoms with Crippen LogP contribution in [0.2, 0.25) is 0 Å². The number of furan rings is 1. The molecule has 1 aromatic carbocycles. The van der Waals surface area contributed by atoms with Gasteiger partial charge in [-0.3, -0.25) is 9.59 Å². The van der Waals surface area contributed by atoms with Gasteiger partial charge in [-0.2, -0.15) is 0 Å². The fourth-order valence-corrected chi connectivity index (χ4v) is 2.99. The molecule has 6 nitrogen and oxygen atoms in total. The van der Waals surface area contributed by atoms with Crippen molar-refractivity contribution in [3.63, 3.8) is 0 Å². The molecule has 1 unspecified atom stereocenters. The summed E-state index contributed by atoms with van der Waals surface area (Å²) < 4.78 is 5.63. The second kappa shape index (κ2) is 6.65. The quantitative estimate of drug-likeness (QED) is 0.746. The van der Waals surface area contributed by atoms with E-state index in [1.165, 1.54) is 0 Å². The van der Waals surface area contributed by atoms with Gasteiger partial charge in [-0.25, -0.2) is 0 Å². The van der Waals surface area contributed by atoms with Crippen LogP contribution in [-0.4, -0.2) is 29.5 Å². The highest BCUT2D eigenvalue weighted by atomic mass is 16.4. The number of aliphatic hydroxyl groups is 1. The number of benzene rings is 1. The van der Waals surface area contributed by atoms with E-state index >= 15 is 0 Å². The Kier molecular flexibility index (Phi) is 4.57. The molecule has 1 aliphatic carbocycles. The summed E-state index contributed by atoms with van der Waals surface area (Å²) in [5.41, 5.74) is -0.736. The molecule has 0 aliphatic heterocycles. The maximum atomic E-state index is 11.9. The molecule has 3 rings (SSSR count). The Balaban J connectivity index is 1.59. The van der Waals surface area contributed by atoms with E-state index in [0.717, 1.165) is 31.1 Å². The van der Waals surface area contributed by atoms with Crippen molar-refractivity contribution < 1.29 is 19.1 Å². The fourth-order valence-electron chi connectivity index (χ4n) is 2.99. The van der Waals surface area contributed by atoms with Crippen molar-refractivity contribution in [1.29, 1.82) is 0 Å². The van der Waals surface area contributed by atoms with Crippen LogP contribution in [0.4, 0.5) is 0 Å². The fraction of sp³-hybridized carbons (Fsp3) is 0.444. The van der Waals surface area contributed by atoms with Gasteiger partial charge in [0.1, 0.15) is 16.9 Å². The lowest BCUT2D eigenvalue weighted by atomic mass is 10.0. The van der Waals surface area contributed by atoms with Gasteiger partial charge < -0.3 is 20.2 Å². The van der Waals surface area contributed by atoms with Crippen LogP contribution in [0.15, 0.2) is 34.7 Å². The third-order valence-electron chi connectivity index (χ3n) is 4.45. The average molecular weight is 330 g/mol. The Bertz CT molecular complexity index is 711. The van der Waals surface area contributed by atoms with Gasteiger partial charge in [0.05, 0.1) is 6.54 Å². The molecular weight excluding hydrogens is 308 g/mol. The number of rotatable bonds is 4. The molecule has 2 aromatic rings. The van der Waals surface area contributed by atoms with Gasteiger partial charge in [0.15, 0.2) is 0 Å². The summed E-state index contributed by atoms with van der Waals surface area (Å²) >= 11 is 0. The van der Waals surface area contributed by atoms with Crippen molar-refractivity contribution in [2.75, 3.05) is 6.54 Å².